The minimum absolute atomic E-state index is 0.121. The van der Waals surface area contributed by atoms with Crippen LogP contribution < -0.4 is 0 Å². The van der Waals surface area contributed by atoms with Crippen molar-refractivity contribution in [2.45, 2.75) is 43.9 Å². The van der Waals surface area contributed by atoms with E-state index in [9.17, 15) is 9.59 Å². The highest BCUT2D eigenvalue weighted by atomic mass is 32.2. The molecule has 0 fully saturated rings. The van der Waals surface area contributed by atoms with Gasteiger partial charge >= 0.3 is 5.97 Å². The first-order valence-electron chi connectivity index (χ1n) is 9.76. The lowest BCUT2D eigenvalue weighted by Gasteiger charge is -2.34. The van der Waals surface area contributed by atoms with Gasteiger partial charge in [-0.25, -0.2) is 0 Å². The van der Waals surface area contributed by atoms with E-state index in [4.69, 9.17) is 4.74 Å². The Balaban J connectivity index is 1.96. The summed E-state index contributed by atoms with van der Waals surface area (Å²) in [6.45, 7) is 4.36. The van der Waals surface area contributed by atoms with Crippen LogP contribution >= 0.6 is 23.5 Å². The van der Waals surface area contributed by atoms with Crippen molar-refractivity contribution < 1.29 is 14.3 Å². The van der Waals surface area contributed by atoms with Crippen molar-refractivity contribution in [3.05, 3.63) is 41.1 Å². The number of carbonyl (C=O) groups excluding carboxylic acids is 2. The molecule has 2 aliphatic rings. The molecule has 1 aromatic carbocycles. The molecule has 1 unspecified atom stereocenters. The topological polar surface area (TPSA) is 55.7 Å². The maximum absolute atomic E-state index is 13.0. The van der Waals surface area contributed by atoms with E-state index in [0.717, 1.165) is 51.8 Å². The summed E-state index contributed by atoms with van der Waals surface area (Å²) < 4.78 is 5.59. The van der Waals surface area contributed by atoms with Gasteiger partial charge in [0.05, 0.1) is 0 Å². The maximum Gasteiger partial charge on any atom is 0.315 e. The zero-order valence-corrected chi connectivity index (χ0v) is 18.3. The molecule has 28 heavy (non-hydrogen) atoms. The molecule has 2 atom stereocenters. The first-order chi connectivity index (χ1) is 13.6. The van der Waals surface area contributed by atoms with Gasteiger partial charge in [-0.15, -0.1) is 11.8 Å². The second-order valence-electron chi connectivity index (χ2n) is 6.98. The molecule has 1 heterocycles. The van der Waals surface area contributed by atoms with Crippen LogP contribution in [0.25, 0.3) is 0 Å². The summed E-state index contributed by atoms with van der Waals surface area (Å²) in [5.41, 5.74) is 3.32. The molecule has 1 aromatic rings. The van der Waals surface area contributed by atoms with Crippen molar-refractivity contribution in [1.29, 1.82) is 0 Å². The number of esters is 1. The van der Waals surface area contributed by atoms with Crippen LogP contribution in [0.5, 0.6) is 0 Å². The van der Waals surface area contributed by atoms with Gasteiger partial charge in [-0.05, 0) is 49.5 Å². The Bertz CT molecular complexity index is 799. The Morgan fingerprint density at radius 1 is 1.25 bits per heavy atom. The van der Waals surface area contributed by atoms with Gasteiger partial charge in [0.25, 0.3) is 0 Å². The molecule has 1 aliphatic heterocycles. The molecule has 0 saturated heterocycles. The Morgan fingerprint density at radius 3 is 2.68 bits per heavy atom. The number of Topliss-reactive ketones (excluding diaryl/α,β-unsaturated/α-hetero) is 1. The van der Waals surface area contributed by atoms with E-state index >= 15 is 0 Å². The molecule has 0 amide bonds. The number of thioether (sulfide) groups is 2. The lowest BCUT2D eigenvalue weighted by Crippen LogP contribution is -2.37. The van der Waals surface area contributed by atoms with E-state index in [1.54, 1.807) is 23.5 Å². The average molecular weight is 418 g/mol. The molecule has 3 rings (SSSR count). The molecule has 0 N–H and O–H groups in total. The quantitative estimate of drug-likeness (QED) is 0.359. The molecule has 150 valence electrons. The van der Waals surface area contributed by atoms with E-state index in [0.29, 0.717) is 13.0 Å². The molecule has 4 nitrogen and oxygen atoms in total. The van der Waals surface area contributed by atoms with Crippen LogP contribution in [0.4, 0.5) is 0 Å². The predicted octanol–water partition coefficient (Wildman–Crippen LogP) is 4.89. The van der Waals surface area contributed by atoms with E-state index in [-0.39, 0.29) is 17.7 Å². The van der Waals surface area contributed by atoms with Crippen LogP contribution in [0.15, 0.2) is 45.4 Å². The minimum atomic E-state index is -0.535. The van der Waals surface area contributed by atoms with Gasteiger partial charge in [0, 0.05) is 40.0 Å². The number of aliphatic imine (C=N–C) groups is 1. The van der Waals surface area contributed by atoms with Gasteiger partial charge in [0.15, 0.2) is 5.78 Å². The Kier molecular flexibility index (Phi) is 7.41. The normalized spacial score (nSPS) is 22.0. The fourth-order valence-electron chi connectivity index (χ4n) is 3.92. The number of carbonyl (C=O) groups is 2. The Labute approximate surface area is 175 Å². The fourth-order valence-corrected chi connectivity index (χ4v) is 4.82. The number of hydrogen-bond donors (Lipinski definition) is 0. The minimum Gasteiger partial charge on any atom is -0.464 e. The van der Waals surface area contributed by atoms with Crippen LogP contribution in [0, 0.1) is 5.92 Å². The molecule has 0 spiro atoms. The van der Waals surface area contributed by atoms with Gasteiger partial charge in [0.1, 0.15) is 12.5 Å². The monoisotopic (exact) mass is 417 g/mol. The summed E-state index contributed by atoms with van der Waals surface area (Å²) in [5, 5.41) is 0. The van der Waals surface area contributed by atoms with E-state index in [1.165, 1.54) is 0 Å². The first kappa shape index (κ1) is 21.2. The fraction of sp³-hybridized carbons (Fsp3) is 0.500. The Hall–Kier alpha value is -1.53. The largest absolute Gasteiger partial charge is 0.464 e. The summed E-state index contributed by atoms with van der Waals surface area (Å²) in [5.74, 6) is 0.787. The second-order valence-corrected chi connectivity index (χ2v) is 9.26. The van der Waals surface area contributed by atoms with Crippen LogP contribution in [0.1, 0.15) is 44.6 Å². The van der Waals surface area contributed by atoms with Gasteiger partial charge in [0.2, 0.25) is 0 Å². The van der Waals surface area contributed by atoms with E-state index in [2.05, 4.69) is 24.0 Å². The van der Waals surface area contributed by atoms with Crippen molar-refractivity contribution in [3.8, 4) is 0 Å². The number of ether oxygens (including phenoxy) is 1. The maximum atomic E-state index is 13.0. The Morgan fingerprint density at radius 2 is 2.00 bits per heavy atom. The highest BCUT2D eigenvalue weighted by Crippen LogP contribution is 2.43. The molecule has 1 aliphatic carbocycles. The van der Waals surface area contributed by atoms with Crippen molar-refractivity contribution in [1.82, 2.24) is 0 Å². The highest BCUT2D eigenvalue weighted by molar-refractivity contribution is 7.99. The summed E-state index contributed by atoms with van der Waals surface area (Å²) in [6.07, 6.45) is 4.19. The van der Waals surface area contributed by atoms with Crippen LogP contribution in [0.2, 0.25) is 0 Å². The smallest absolute Gasteiger partial charge is 0.315 e. The molecular formula is C22H27NO3S2. The van der Waals surface area contributed by atoms with Gasteiger partial charge in [-0.3, -0.25) is 14.6 Å². The number of rotatable bonds is 7. The molecular weight excluding hydrogens is 390 g/mol. The van der Waals surface area contributed by atoms with Gasteiger partial charge in [-0.1, -0.05) is 19.1 Å². The third-order valence-corrected chi connectivity index (χ3v) is 6.85. The third kappa shape index (κ3) is 4.54. The van der Waals surface area contributed by atoms with Gasteiger partial charge < -0.3 is 4.74 Å². The van der Waals surface area contributed by atoms with E-state index in [1.807, 2.05) is 25.3 Å². The molecule has 0 radical (unpaired) electrons. The molecule has 0 aromatic heterocycles. The SMILES string of the molecule is CCSCCOC(=O)C1C(C)=NC2=C(C(=O)CCC2)[C@@H]1c1ccc(SC)cc1. The summed E-state index contributed by atoms with van der Waals surface area (Å²) in [7, 11) is 0. The lowest BCUT2D eigenvalue weighted by atomic mass is 9.72. The summed E-state index contributed by atoms with van der Waals surface area (Å²) in [4.78, 5) is 31.7. The van der Waals surface area contributed by atoms with Crippen molar-refractivity contribution in [2.75, 3.05) is 24.4 Å². The lowest BCUT2D eigenvalue weighted by molar-refractivity contribution is -0.145. The molecule has 0 saturated carbocycles. The van der Waals surface area contributed by atoms with Crippen LogP contribution in [-0.4, -0.2) is 41.8 Å². The second kappa shape index (κ2) is 9.79. The highest BCUT2D eigenvalue weighted by Gasteiger charge is 2.43. The first-order valence-corrected chi connectivity index (χ1v) is 12.1. The van der Waals surface area contributed by atoms with Crippen molar-refractivity contribution in [2.24, 2.45) is 10.9 Å². The standard InChI is InChI=1S/C22H27NO3S2/c1-4-28-13-12-26-22(25)19-14(2)23-17-6-5-7-18(24)21(17)20(19)15-8-10-16(27-3)11-9-15/h8-11,19-20H,4-7,12-13H2,1-3H3/t19?,20-/m1/s1. The van der Waals surface area contributed by atoms with Gasteiger partial charge in [-0.2, -0.15) is 11.8 Å². The van der Waals surface area contributed by atoms with Crippen molar-refractivity contribution in [3.63, 3.8) is 0 Å². The number of benzene rings is 1. The van der Waals surface area contributed by atoms with Crippen LogP contribution in [-0.2, 0) is 14.3 Å². The summed E-state index contributed by atoms with van der Waals surface area (Å²) in [6, 6.07) is 8.17. The van der Waals surface area contributed by atoms with Crippen LogP contribution in [0.3, 0.4) is 0 Å². The average Bonchev–Trinajstić information content (AvgIpc) is 2.70. The van der Waals surface area contributed by atoms with Crippen molar-refractivity contribution >= 4 is 41.0 Å². The van der Waals surface area contributed by atoms with E-state index < -0.39 is 5.92 Å². The zero-order chi connectivity index (χ0) is 20.1. The summed E-state index contributed by atoms with van der Waals surface area (Å²) >= 11 is 3.42. The predicted molar refractivity (Wildman–Crippen MR) is 117 cm³/mol. The zero-order valence-electron chi connectivity index (χ0n) is 16.7. The number of ketones is 1. The number of allylic oxidation sites excluding steroid dienone is 2. The molecule has 0 bridgehead atoms. The molecule has 6 heteroatoms. The number of nitrogens with zero attached hydrogens (tertiary/aromatic N) is 1. The third-order valence-electron chi connectivity index (χ3n) is 5.24. The number of hydrogen-bond acceptors (Lipinski definition) is 6.